The molecule has 8 nitrogen and oxygen atoms in total. The molecule has 3 heterocycles. The van der Waals surface area contributed by atoms with Crippen LogP contribution in [0, 0.1) is 5.92 Å². The van der Waals surface area contributed by atoms with E-state index in [0.29, 0.717) is 18.3 Å². The van der Waals surface area contributed by atoms with Crippen LogP contribution < -0.4 is 10.8 Å². The minimum atomic E-state index is -0.357. The van der Waals surface area contributed by atoms with E-state index in [2.05, 4.69) is 25.7 Å². The van der Waals surface area contributed by atoms with Gasteiger partial charge in [-0.1, -0.05) is 32.1 Å². The Bertz CT molecular complexity index is 745. The van der Waals surface area contributed by atoms with Crippen LogP contribution in [0.5, 0.6) is 0 Å². The molecule has 2 atom stereocenters. The molecule has 3 fully saturated rings. The Hall–Kier alpha value is -2.03. The first-order valence-electron chi connectivity index (χ1n) is 12.8. The van der Waals surface area contributed by atoms with E-state index in [1.807, 2.05) is 0 Å². The molecule has 3 aliphatic rings. The number of hydroxylamine groups is 1. The number of nitrogens with one attached hydrogen (secondary N) is 2. The maximum Gasteiger partial charge on any atom is 0.267 e. The molecule has 33 heavy (non-hydrogen) atoms. The number of nitrogens with zero attached hydrogens (tertiary/aromatic N) is 3. The number of anilines is 1. The van der Waals surface area contributed by atoms with Crippen LogP contribution in [0.1, 0.15) is 76.3 Å². The zero-order valence-corrected chi connectivity index (χ0v) is 19.7. The van der Waals surface area contributed by atoms with Crippen molar-refractivity contribution in [2.24, 2.45) is 5.92 Å². The summed E-state index contributed by atoms with van der Waals surface area (Å²) in [6, 6.07) is 0.417. The van der Waals surface area contributed by atoms with Crippen LogP contribution in [-0.4, -0.2) is 59.3 Å². The summed E-state index contributed by atoms with van der Waals surface area (Å²) in [7, 11) is 0. The van der Waals surface area contributed by atoms with Gasteiger partial charge >= 0.3 is 0 Å². The summed E-state index contributed by atoms with van der Waals surface area (Å²) in [6.07, 6.45) is 20.0. The van der Waals surface area contributed by atoms with E-state index in [-0.39, 0.29) is 12.2 Å². The second-order valence-corrected chi connectivity index (χ2v) is 9.62. The summed E-state index contributed by atoms with van der Waals surface area (Å²) < 4.78 is 5.42. The van der Waals surface area contributed by atoms with Crippen molar-refractivity contribution >= 4 is 17.8 Å². The van der Waals surface area contributed by atoms with Gasteiger partial charge in [-0.05, 0) is 50.6 Å². The lowest BCUT2D eigenvalue weighted by molar-refractivity contribution is -0.198. The summed E-state index contributed by atoms with van der Waals surface area (Å²) in [5.41, 5.74) is 3.03. The quantitative estimate of drug-likeness (QED) is 0.407. The smallest absolute Gasteiger partial charge is 0.267 e. The highest BCUT2D eigenvalue weighted by Crippen LogP contribution is 2.27. The van der Waals surface area contributed by atoms with E-state index in [0.717, 1.165) is 50.5 Å². The standard InChI is InChI=1S/C25H39N5O3/c31-24(29-33-25-10-4-5-16-32-25)12-11-21-17-27-23(18-26-21)28-22-13-15-30(19-22)14-6-9-20-7-2-1-3-8-20/h11-12,17-18,20,22,25H,1-10,13-16,19H2,(H,27,28)(H,29,31)/t22-,25?/m1/s1. The molecule has 1 aromatic heterocycles. The Morgan fingerprint density at radius 3 is 2.79 bits per heavy atom. The van der Waals surface area contributed by atoms with Gasteiger partial charge < -0.3 is 15.0 Å². The third-order valence-electron chi connectivity index (χ3n) is 6.94. The van der Waals surface area contributed by atoms with E-state index in [1.54, 1.807) is 18.5 Å². The second-order valence-electron chi connectivity index (χ2n) is 9.62. The predicted octanol–water partition coefficient (Wildman–Crippen LogP) is 3.91. The molecule has 8 heteroatoms. The van der Waals surface area contributed by atoms with Gasteiger partial charge in [0.05, 0.1) is 18.1 Å². The van der Waals surface area contributed by atoms with E-state index in [1.165, 1.54) is 57.6 Å². The van der Waals surface area contributed by atoms with Crippen molar-refractivity contribution in [3.05, 3.63) is 24.2 Å². The van der Waals surface area contributed by atoms with Crippen molar-refractivity contribution in [2.75, 3.05) is 31.6 Å². The van der Waals surface area contributed by atoms with Gasteiger partial charge in [-0.3, -0.25) is 9.78 Å². The molecule has 2 N–H and O–H groups in total. The van der Waals surface area contributed by atoms with Gasteiger partial charge in [-0.2, -0.15) is 0 Å². The van der Waals surface area contributed by atoms with Gasteiger partial charge in [0.25, 0.3) is 5.91 Å². The largest absolute Gasteiger partial charge is 0.365 e. The number of aromatic nitrogens is 2. The Morgan fingerprint density at radius 1 is 1.12 bits per heavy atom. The Balaban J connectivity index is 1.12. The molecule has 0 radical (unpaired) electrons. The van der Waals surface area contributed by atoms with Gasteiger partial charge in [0.15, 0.2) is 6.29 Å². The van der Waals surface area contributed by atoms with E-state index < -0.39 is 0 Å². The van der Waals surface area contributed by atoms with E-state index in [4.69, 9.17) is 9.57 Å². The molecule has 1 saturated carbocycles. The van der Waals surface area contributed by atoms with Crippen molar-refractivity contribution in [3.8, 4) is 0 Å². The predicted molar refractivity (Wildman–Crippen MR) is 128 cm³/mol. The fourth-order valence-electron chi connectivity index (χ4n) is 5.06. The van der Waals surface area contributed by atoms with Gasteiger partial charge in [-0.25, -0.2) is 15.3 Å². The molecule has 2 saturated heterocycles. The van der Waals surface area contributed by atoms with Crippen molar-refractivity contribution in [1.29, 1.82) is 0 Å². The third kappa shape index (κ3) is 8.36. The Morgan fingerprint density at radius 2 is 2.00 bits per heavy atom. The molecule has 1 aliphatic carbocycles. The minimum absolute atomic E-state index is 0.345. The third-order valence-corrected chi connectivity index (χ3v) is 6.94. The van der Waals surface area contributed by atoms with Crippen molar-refractivity contribution < 1.29 is 14.4 Å². The number of amides is 1. The lowest BCUT2D eigenvalue weighted by atomic mass is 9.86. The second kappa shape index (κ2) is 13.0. The van der Waals surface area contributed by atoms with Crippen LogP contribution in [0.2, 0.25) is 0 Å². The van der Waals surface area contributed by atoms with Crippen LogP contribution in [-0.2, 0) is 14.4 Å². The molecule has 0 aromatic carbocycles. The van der Waals surface area contributed by atoms with E-state index >= 15 is 0 Å². The first kappa shape index (κ1) is 24.1. The number of carbonyl (C=O) groups excluding carboxylic acids is 1. The lowest BCUT2D eigenvalue weighted by Gasteiger charge is -2.23. The molecule has 1 unspecified atom stereocenters. The maximum absolute atomic E-state index is 11.9. The van der Waals surface area contributed by atoms with Crippen molar-refractivity contribution in [1.82, 2.24) is 20.3 Å². The molecule has 0 bridgehead atoms. The monoisotopic (exact) mass is 457 g/mol. The average molecular weight is 458 g/mol. The van der Waals surface area contributed by atoms with Crippen LogP contribution >= 0.6 is 0 Å². The zero-order valence-electron chi connectivity index (χ0n) is 19.7. The fraction of sp³-hybridized carbons (Fsp3) is 0.720. The van der Waals surface area contributed by atoms with Crippen LogP contribution in [0.25, 0.3) is 6.08 Å². The van der Waals surface area contributed by atoms with Gasteiger partial charge in [0.2, 0.25) is 0 Å². The van der Waals surface area contributed by atoms with Crippen molar-refractivity contribution in [2.45, 2.75) is 83.0 Å². The van der Waals surface area contributed by atoms with Gasteiger partial charge in [0, 0.05) is 38.2 Å². The number of likely N-dealkylation sites (tertiary alicyclic amines) is 1. The topological polar surface area (TPSA) is 88.6 Å². The van der Waals surface area contributed by atoms with Crippen LogP contribution in [0.15, 0.2) is 18.5 Å². The lowest BCUT2D eigenvalue weighted by Crippen LogP contribution is -2.32. The summed E-state index contributed by atoms with van der Waals surface area (Å²) in [4.78, 5) is 28.6. The first-order chi connectivity index (χ1) is 16.2. The van der Waals surface area contributed by atoms with Crippen molar-refractivity contribution in [3.63, 3.8) is 0 Å². The highest BCUT2D eigenvalue weighted by atomic mass is 16.8. The molecule has 0 spiro atoms. The minimum Gasteiger partial charge on any atom is -0.365 e. The Kier molecular flexibility index (Phi) is 9.50. The highest BCUT2D eigenvalue weighted by molar-refractivity contribution is 5.90. The maximum atomic E-state index is 11.9. The molecular formula is C25H39N5O3. The summed E-state index contributed by atoms with van der Waals surface area (Å²) in [5.74, 6) is 1.41. The first-order valence-corrected chi connectivity index (χ1v) is 12.8. The number of ether oxygens (including phenoxy) is 1. The molecule has 1 amide bonds. The SMILES string of the molecule is O=C(C=Cc1cnc(N[C@@H]2CCN(CCCC3CCCCC3)C2)cn1)NOC1CCCCO1. The number of carbonyl (C=O) groups is 1. The number of hydrogen-bond acceptors (Lipinski definition) is 7. The molecule has 2 aliphatic heterocycles. The molecule has 182 valence electrons. The van der Waals surface area contributed by atoms with Gasteiger partial charge in [0.1, 0.15) is 5.82 Å². The zero-order chi connectivity index (χ0) is 22.7. The molecular weight excluding hydrogens is 418 g/mol. The highest BCUT2D eigenvalue weighted by Gasteiger charge is 2.23. The fourth-order valence-corrected chi connectivity index (χ4v) is 5.06. The Labute approximate surface area is 197 Å². The number of rotatable bonds is 10. The summed E-state index contributed by atoms with van der Waals surface area (Å²) in [6.45, 7) is 4.10. The van der Waals surface area contributed by atoms with Gasteiger partial charge in [-0.15, -0.1) is 0 Å². The normalized spacial score (nSPS) is 24.8. The molecule has 4 rings (SSSR count). The van der Waals surface area contributed by atoms with E-state index in [9.17, 15) is 4.79 Å². The summed E-state index contributed by atoms with van der Waals surface area (Å²) in [5, 5.41) is 3.51. The molecule has 1 aromatic rings. The number of hydrogen-bond donors (Lipinski definition) is 2. The average Bonchev–Trinajstić information content (AvgIpc) is 3.30. The van der Waals surface area contributed by atoms with Crippen LogP contribution in [0.3, 0.4) is 0 Å². The summed E-state index contributed by atoms with van der Waals surface area (Å²) >= 11 is 0. The van der Waals surface area contributed by atoms with Crippen LogP contribution in [0.4, 0.5) is 5.82 Å².